The Bertz CT molecular complexity index is 353. The third kappa shape index (κ3) is 6.86. The van der Waals surface area contributed by atoms with Gasteiger partial charge in [0.25, 0.3) is 0 Å². The van der Waals surface area contributed by atoms with E-state index in [-0.39, 0.29) is 5.76 Å². The van der Waals surface area contributed by atoms with Crippen molar-refractivity contribution in [1.82, 2.24) is 5.32 Å². The lowest BCUT2D eigenvalue weighted by Gasteiger charge is -1.77. The molecule has 2 aromatic heterocycles. The van der Waals surface area contributed by atoms with Crippen LogP contribution in [0.2, 0.25) is 0 Å². The van der Waals surface area contributed by atoms with E-state index < -0.39 is 0 Å². The second-order valence-corrected chi connectivity index (χ2v) is 2.77. The second kappa shape index (κ2) is 10.4. The number of carbonyl (C=O) groups excluding carboxylic acids is 2. The maximum Gasteiger partial charge on any atom is 0.186 e. The molecule has 5 nitrogen and oxygen atoms in total. The van der Waals surface area contributed by atoms with Gasteiger partial charge in [-0.2, -0.15) is 0 Å². The Hall–Kier alpha value is -2.14. The average Bonchev–Trinajstić information content (AvgIpc) is 3.04. The van der Waals surface area contributed by atoms with Crippen LogP contribution in [0.1, 0.15) is 20.9 Å². The number of rotatable bonds is 2. The third-order valence-corrected chi connectivity index (χ3v) is 1.39. The van der Waals surface area contributed by atoms with E-state index in [1.807, 2.05) is 26.2 Å². The van der Waals surface area contributed by atoms with Crippen molar-refractivity contribution < 1.29 is 18.4 Å². The molecular formula is C12H15NO4. The van der Waals surface area contributed by atoms with Gasteiger partial charge in [-0.25, -0.2) is 0 Å². The summed E-state index contributed by atoms with van der Waals surface area (Å²) in [6, 6.07) is 5.11. The van der Waals surface area contributed by atoms with Crippen LogP contribution in [-0.4, -0.2) is 26.7 Å². The van der Waals surface area contributed by atoms with Crippen molar-refractivity contribution in [3.8, 4) is 0 Å². The first-order valence-electron chi connectivity index (χ1n) is 4.83. The molecule has 0 saturated carbocycles. The lowest BCUT2D eigenvalue weighted by Crippen LogP contribution is -1.89. The van der Waals surface area contributed by atoms with Gasteiger partial charge in [-0.1, -0.05) is 0 Å². The highest BCUT2D eigenvalue weighted by Gasteiger charge is 2.00. The van der Waals surface area contributed by atoms with Crippen LogP contribution in [-0.2, 0) is 0 Å². The molecule has 0 bridgehead atoms. The average molecular weight is 237 g/mol. The SMILES string of the molecule is CNC.O=Cc1ccoc1C=O.c1ccoc1. The van der Waals surface area contributed by atoms with Gasteiger partial charge in [0.05, 0.1) is 24.4 Å². The van der Waals surface area contributed by atoms with Gasteiger partial charge in [0.15, 0.2) is 18.3 Å². The van der Waals surface area contributed by atoms with Crippen molar-refractivity contribution in [3.63, 3.8) is 0 Å². The molecule has 17 heavy (non-hydrogen) atoms. The molecule has 2 rings (SSSR count). The standard InChI is InChI=1S/C6H4O3.C4H4O.C2H7N/c7-3-5-1-2-9-6(5)4-8;1-2-4-5-3-1;1-3-2/h1-4H;1-4H;3H,1-2H3. The quantitative estimate of drug-likeness (QED) is 0.809. The summed E-state index contributed by atoms with van der Waals surface area (Å²) >= 11 is 0. The molecule has 0 amide bonds. The van der Waals surface area contributed by atoms with Crippen molar-refractivity contribution in [2.75, 3.05) is 14.1 Å². The first-order valence-corrected chi connectivity index (χ1v) is 4.83. The van der Waals surface area contributed by atoms with Gasteiger partial charge in [0, 0.05) is 0 Å². The molecular weight excluding hydrogens is 222 g/mol. The van der Waals surface area contributed by atoms with Crippen LogP contribution in [0.4, 0.5) is 0 Å². The molecule has 0 aliphatic carbocycles. The van der Waals surface area contributed by atoms with Crippen LogP contribution in [0.15, 0.2) is 45.8 Å². The highest BCUT2D eigenvalue weighted by Crippen LogP contribution is 2.03. The van der Waals surface area contributed by atoms with Gasteiger partial charge >= 0.3 is 0 Å². The van der Waals surface area contributed by atoms with Gasteiger partial charge in [-0.15, -0.1) is 0 Å². The summed E-state index contributed by atoms with van der Waals surface area (Å²) in [4.78, 5) is 20.0. The minimum atomic E-state index is 0.0880. The molecule has 2 aromatic rings. The fraction of sp³-hybridized carbons (Fsp3) is 0.167. The molecule has 5 heteroatoms. The van der Waals surface area contributed by atoms with E-state index in [1.165, 1.54) is 12.3 Å². The number of aldehydes is 2. The summed E-state index contributed by atoms with van der Waals surface area (Å²) in [6.07, 6.45) is 5.63. The van der Waals surface area contributed by atoms with E-state index in [0.717, 1.165) is 0 Å². The van der Waals surface area contributed by atoms with Crippen molar-refractivity contribution in [2.45, 2.75) is 0 Å². The predicted molar refractivity (Wildman–Crippen MR) is 63.2 cm³/mol. The minimum absolute atomic E-state index is 0.0880. The number of nitrogens with one attached hydrogen (secondary N) is 1. The number of hydrogen-bond donors (Lipinski definition) is 1. The largest absolute Gasteiger partial charge is 0.473 e. The molecule has 0 aromatic carbocycles. The van der Waals surface area contributed by atoms with Gasteiger partial charge in [-0.3, -0.25) is 9.59 Å². The molecule has 2 heterocycles. The summed E-state index contributed by atoms with van der Waals surface area (Å²) in [5.41, 5.74) is 0.296. The molecule has 0 saturated heterocycles. The van der Waals surface area contributed by atoms with Crippen LogP contribution >= 0.6 is 0 Å². The minimum Gasteiger partial charge on any atom is -0.473 e. The Morgan fingerprint density at radius 3 is 1.94 bits per heavy atom. The predicted octanol–water partition coefficient (Wildman–Crippen LogP) is 2.02. The topological polar surface area (TPSA) is 72.5 Å². The lowest BCUT2D eigenvalue weighted by molar-refractivity contribution is 0.107. The summed E-state index contributed by atoms with van der Waals surface area (Å²) in [5, 5.41) is 2.75. The smallest absolute Gasteiger partial charge is 0.186 e. The van der Waals surface area contributed by atoms with Crippen LogP contribution in [0.25, 0.3) is 0 Å². The Labute approximate surface area is 99.4 Å². The zero-order valence-corrected chi connectivity index (χ0v) is 9.75. The van der Waals surface area contributed by atoms with Crippen LogP contribution in [0.3, 0.4) is 0 Å². The van der Waals surface area contributed by atoms with Crippen molar-refractivity contribution >= 4 is 12.6 Å². The van der Waals surface area contributed by atoms with Crippen molar-refractivity contribution in [1.29, 1.82) is 0 Å². The van der Waals surface area contributed by atoms with E-state index >= 15 is 0 Å². The Morgan fingerprint density at radius 2 is 1.65 bits per heavy atom. The molecule has 0 unspecified atom stereocenters. The normalized spacial score (nSPS) is 8.12. The fourth-order valence-electron chi connectivity index (χ4n) is 0.751. The van der Waals surface area contributed by atoms with Crippen LogP contribution in [0.5, 0.6) is 0 Å². The number of carbonyl (C=O) groups is 2. The second-order valence-electron chi connectivity index (χ2n) is 2.77. The summed E-state index contributed by atoms with van der Waals surface area (Å²) in [7, 11) is 3.75. The summed E-state index contributed by atoms with van der Waals surface area (Å²) in [5.74, 6) is 0.0880. The van der Waals surface area contributed by atoms with E-state index in [0.29, 0.717) is 18.1 Å². The summed E-state index contributed by atoms with van der Waals surface area (Å²) < 4.78 is 9.19. The highest BCUT2D eigenvalue weighted by atomic mass is 16.3. The Morgan fingerprint density at radius 1 is 1.06 bits per heavy atom. The zero-order chi connectivity index (χ0) is 12.9. The van der Waals surface area contributed by atoms with E-state index in [4.69, 9.17) is 0 Å². The van der Waals surface area contributed by atoms with Gasteiger partial charge in [0.2, 0.25) is 0 Å². The van der Waals surface area contributed by atoms with Crippen molar-refractivity contribution in [2.24, 2.45) is 0 Å². The monoisotopic (exact) mass is 237 g/mol. The lowest BCUT2D eigenvalue weighted by atomic mass is 10.3. The molecule has 0 atom stereocenters. The third-order valence-electron chi connectivity index (χ3n) is 1.39. The maximum atomic E-state index is 10.0. The van der Waals surface area contributed by atoms with E-state index in [1.54, 1.807) is 12.5 Å². The molecule has 0 radical (unpaired) electrons. The first-order chi connectivity index (χ1) is 8.29. The van der Waals surface area contributed by atoms with E-state index in [2.05, 4.69) is 14.2 Å². The Balaban J connectivity index is 0.000000270. The van der Waals surface area contributed by atoms with Crippen molar-refractivity contribution in [3.05, 3.63) is 48.3 Å². The molecule has 0 aliphatic rings. The maximum absolute atomic E-state index is 10.0. The molecule has 0 fully saturated rings. The van der Waals surface area contributed by atoms with Gasteiger partial charge < -0.3 is 14.2 Å². The molecule has 1 N–H and O–H groups in total. The molecule has 0 spiro atoms. The van der Waals surface area contributed by atoms with Crippen LogP contribution in [0, 0.1) is 0 Å². The fourth-order valence-corrected chi connectivity index (χ4v) is 0.751. The van der Waals surface area contributed by atoms with Gasteiger partial charge in [-0.05, 0) is 32.3 Å². The Kier molecular flexibility index (Phi) is 9.07. The highest BCUT2D eigenvalue weighted by molar-refractivity contribution is 5.87. The zero-order valence-electron chi connectivity index (χ0n) is 9.75. The van der Waals surface area contributed by atoms with Crippen LogP contribution < -0.4 is 5.32 Å². The number of hydrogen-bond acceptors (Lipinski definition) is 5. The first kappa shape index (κ1) is 14.9. The molecule has 92 valence electrons. The van der Waals surface area contributed by atoms with Gasteiger partial charge in [0.1, 0.15) is 0 Å². The van der Waals surface area contributed by atoms with E-state index in [9.17, 15) is 9.59 Å². The summed E-state index contributed by atoms with van der Waals surface area (Å²) in [6.45, 7) is 0. The molecule has 0 aliphatic heterocycles. The number of furan rings is 2.